The summed E-state index contributed by atoms with van der Waals surface area (Å²) in [5.41, 5.74) is 0.821. The van der Waals surface area contributed by atoms with Crippen molar-refractivity contribution in [3.05, 3.63) is 48.3 Å². The van der Waals surface area contributed by atoms with E-state index in [-0.39, 0.29) is 18.2 Å². The lowest BCUT2D eigenvalue weighted by Gasteiger charge is -2.27. The number of hydrogen-bond donors (Lipinski definition) is 0. The second-order valence-electron chi connectivity index (χ2n) is 5.46. The van der Waals surface area contributed by atoms with E-state index in [0.717, 1.165) is 11.3 Å². The van der Waals surface area contributed by atoms with E-state index in [0.29, 0.717) is 18.2 Å². The molecule has 1 fully saturated rings. The average molecular weight is 334 g/mol. The maximum atomic E-state index is 12.6. The van der Waals surface area contributed by atoms with Crippen molar-refractivity contribution in [2.75, 3.05) is 18.7 Å². The van der Waals surface area contributed by atoms with Crippen molar-refractivity contribution in [2.24, 2.45) is 0 Å². The van der Waals surface area contributed by atoms with Crippen molar-refractivity contribution in [3.63, 3.8) is 0 Å². The van der Waals surface area contributed by atoms with Gasteiger partial charge in [-0.05, 0) is 23.8 Å². The van der Waals surface area contributed by atoms with Gasteiger partial charge >= 0.3 is 0 Å². The molecule has 3 rings (SSSR count). The first-order valence-electron chi connectivity index (χ1n) is 7.31. The van der Waals surface area contributed by atoms with E-state index < -0.39 is 6.04 Å². The number of thioether (sulfide) groups is 1. The summed E-state index contributed by atoms with van der Waals surface area (Å²) in [6.07, 6.45) is 4.94. The zero-order valence-electron chi connectivity index (χ0n) is 12.8. The zero-order valence-corrected chi connectivity index (χ0v) is 13.6. The van der Waals surface area contributed by atoms with Crippen molar-refractivity contribution in [1.82, 2.24) is 9.80 Å². The molecule has 23 heavy (non-hydrogen) atoms. The summed E-state index contributed by atoms with van der Waals surface area (Å²) in [4.78, 5) is 28.4. The first-order valence-corrected chi connectivity index (χ1v) is 8.46. The quantitative estimate of drug-likeness (QED) is 0.836. The third kappa shape index (κ3) is 3.61. The number of furan rings is 2. The highest BCUT2D eigenvalue weighted by molar-refractivity contribution is 7.99. The summed E-state index contributed by atoms with van der Waals surface area (Å²) in [7, 11) is 1.73. The molecule has 0 N–H and O–H groups in total. The molecule has 0 radical (unpaired) electrons. The Morgan fingerprint density at radius 3 is 2.96 bits per heavy atom. The molecular weight excluding hydrogens is 316 g/mol. The van der Waals surface area contributed by atoms with E-state index >= 15 is 0 Å². The van der Waals surface area contributed by atoms with Gasteiger partial charge in [-0.25, -0.2) is 0 Å². The molecule has 0 aliphatic carbocycles. The Morgan fingerprint density at radius 1 is 1.39 bits per heavy atom. The second-order valence-corrected chi connectivity index (χ2v) is 6.46. The van der Waals surface area contributed by atoms with Crippen LogP contribution in [0.2, 0.25) is 0 Å². The molecule has 3 heterocycles. The van der Waals surface area contributed by atoms with E-state index in [2.05, 4.69) is 0 Å². The third-order valence-electron chi connectivity index (χ3n) is 3.77. The lowest BCUT2D eigenvalue weighted by atomic mass is 10.2. The average Bonchev–Trinajstić information content (AvgIpc) is 3.28. The number of amides is 2. The topological polar surface area (TPSA) is 66.9 Å². The molecule has 1 atom stereocenters. The molecule has 2 amide bonds. The minimum atomic E-state index is -0.417. The van der Waals surface area contributed by atoms with Crippen LogP contribution in [0.15, 0.2) is 45.8 Å². The standard InChI is InChI=1S/C16H18N2O4S/c1-17(8-13-3-2-5-22-13)16(20)14-10-23-11-18(14)15(19)7-12-4-6-21-9-12/h2-6,9,14H,7-8,10-11H2,1H3/t14-/m0/s1. The van der Waals surface area contributed by atoms with Crippen LogP contribution in [0.25, 0.3) is 0 Å². The smallest absolute Gasteiger partial charge is 0.246 e. The molecule has 0 saturated carbocycles. The Morgan fingerprint density at radius 2 is 2.26 bits per heavy atom. The van der Waals surface area contributed by atoms with Gasteiger partial charge in [0, 0.05) is 12.8 Å². The van der Waals surface area contributed by atoms with Crippen molar-refractivity contribution in [2.45, 2.75) is 19.0 Å². The molecule has 2 aromatic heterocycles. The van der Waals surface area contributed by atoms with Crippen LogP contribution in [0.1, 0.15) is 11.3 Å². The first-order chi connectivity index (χ1) is 11.1. The van der Waals surface area contributed by atoms with Crippen LogP contribution in [-0.4, -0.2) is 46.3 Å². The van der Waals surface area contributed by atoms with E-state index in [1.165, 1.54) is 0 Å². The van der Waals surface area contributed by atoms with Crippen LogP contribution in [-0.2, 0) is 22.6 Å². The van der Waals surface area contributed by atoms with Crippen LogP contribution in [0.3, 0.4) is 0 Å². The van der Waals surface area contributed by atoms with Gasteiger partial charge in [0.15, 0.2) is 0 Å². The molecule has 1 saturated heterocycles. The number of hydrogen-bond acceptors (Lipinski definition) is 5. The molecular formula is C16H18N2O4S. The number of likely N-dealkylation sites (N-methyl/N-ethyl adjacent to an activating group) is 1. The van der Waals surface area contributed by atoms with E-state index in [1.54, 1.807) is 59.5 Å². The van der Waals surface area contributed by atoms with Gasteiger partial charge in [-0.2, -0.15) is 0 Å². The van der Waals surface area contributed by atoms with Crippen molar-refractivity contribution < 1.29 is 18.4 Å². The lowest BCUT2D eigenvalue weighted by Crippen LogP contribution is -2.48. The number of carbonyl (C=O) groups is 2. The predicted molar refractivity (Wildman–Crippen MR) is 85.6 cm³/mol. The van der Waals surface area contributed by atoms with Gasteiger partial charge in [0.1, 0.15) is 11.8 Å². The Balaban J connectivity index is 1.63. The SMILES string of the molecule is CN(Cc1ccco1)C(=O)[C@@H]1CSCN1C(=O)Cc1ccoc1. The van der Waals surface area contributed by atoms with Crippen LogP contribution < -0.4 is 0 Å². The Bertz CT molecular complexity index is 654. The third-order valence-corrected chi connectivity index (χ3v) is 4.78. The second kappa shape index (κ2) is 6.95. The highest BCUT2D eigenvalue weighted by atomic mass is 32.2. The van der Waals surface area contributed by atoms with Crippen molar-refractivity contribution in [3.8, 4) is 0 Å². The summed E-state index contributed by atoms with van der Waals surface area (Å²) in [5, 5.41) is 0. The summed E-state index contributed by atoms with van der Waals surface area (Å²) in [5.74, 6) is 1.77. The molecule has 1 aliphatic heterocycles. The normalized spacial score (nSPS) is 17.4. The Kier molecular flexibility index (Phi) is 4.76. The van der Waals surface area contributed by atoms with Gasteiger partial charge in [-0.1, -0.05) is 0 Å². The molecule has 0 spiro atoms. The monoisotopic (exact) mass is 334 g/mol. The fourth-order valence-corrected chi connectivity index (χ4v) is 3.70. The highest BCUT2D eigenvalue weighted by Gasteiger charge is 2.36. The molecule has 6 nitrogen and oxygen atoms in total. The number of carbonyl (C=O) groups excluding carboxylic acids is 2. The molecule has 122 valence electrons. The minimum Gasteiger partial charge on any atom is -0.472 e. The van der Waals surface area contributed by atoms with Gasteiger partial charge < -0.3 is 18.6 Å². The highest BCUT2D eigenvalue weighted by Crippen LogP contribution is 2.24. The van der Waals surface area contributed by atoms with Crippen molar-refractivity contribution >= 4 is 23.6 Å². The Hall–Kier alpha value is -2.15. The molecule has 0 bridgehead atoms. The Labute approximate surface area is 138 Å². The summed E-state index contributed by atoms with van der Waals surface area (Å²) < 4.78 is 10.3. The zero-order chi connectivity index (χ0) is 16.2. The van der Waals surface area contributed by atoms with Gasteiger partial charge in [0.05, 0.1) is 37.6 Å². The fraction of sp³-hybridized carbons (Fsp3) is 0.375. The predicted octanol–water partition coefficient (Wildman–Crippen LogP) is 1.98. The summed E-state index contributed by atoms with van der Waals surface area (Å²) in [6.45, 7) is 0.400. The van der Waals surface area contributed by atoms with Gasteiger partial charge in [0.2, 0.25) is 11.8 Å². The van der Waals surface area contributed by atoms with E-state index in [9.17, 15) is 9.59 Å². The molecule has 7 heteroatoms. The summed E-state index contributed by atoms with van der Waals surface area (Å²) in [6, 6.07) is 4.97. The van der Waals surface area contributed by atoms with Gasteiger partial charge in [-0.15, -0.1) is 11.8 Å². The fourth-order valence-electron chi connectivity index (χ4n) is 2.53. The molecule has 0 aromatic carbocycles. The van der Waals surface area contributed by atoms with Crippen LogP contribution >= 0.6 is 11.8 Å². The number of rotatable bonds is 5. The van der Waals surface area contributed by atoms with Crippen LogP contribution in [0.4, 0.5) is 0 Å². The molecule has 2 aromatic rings. The lowest BCUT2D eigenvalue weighted by molar-refractivity contribution is -0.142. The van der Waals surface area contributed by atoms with Gasteiger partial charge in [-0.3, -0.25) is 9.59 Å². The maximum absolute atomic E-state index is 12.6. The van der Waals surface area contributed by atoms with E-state index in [1.807, 2.05) is 6.07 Å². The van der Waals surface area contributed by atoms with E-state index in [4.69, 9.17) is 8.83 Å². The van der Waals surface area contributed by atoms with Gasteiger partial charge in [0.25, 0.3) is 0 Å². The number of nitrogens with zero attached hydrogens (tertiary/aromatic N) is 2. The minimum absolute atomic E-state index is 0.0545. The maximum Gasteiger partial charge on any atom is 0.246 e. The van der Waals surface area contributed by atoms with Crippen LogP contribution in [0.5, 0.6) is 0 Å². The van der Waals surface area contributed by atoms with Crippen molar-refractivity contribution in [1.29, 1.82) is 0 Å². The largest absolute Gasteiger partial charge is 0.472 e. The molecule has 1 aliphatic rings. The van der Waals surface area contributed by atoms with Crippen LogP contribution in [0, 0.1) is 0 Å². The molecule has 0 unspecified atom stereocenters. The summed E-state index contributed by atoms with van der Waals surface area (Å²) >= 11 is 1.60. The first kappa shape index (κ1) is 15.7.